The van der Waals surface area contributed by atoms with Gasteiger partial charge in [0.15, 0.2) is 6.10 Å². The van der Waals surface area contributed by atoms with Crippen molar-refractivity contribution in [2.24, 2.45) is 0 Å². The Morgan fingerprint density at radius 1 is 0.328 bits per heavy atom. The van der Waals surface area contributed by atoms with Gasteiger partial charge in [0.1, 0.15) is 13.2 Å². The predicted molar refractivity (Wildman–Crippen MR) is 288 cm³/mol. The summed E-state index contributed by atoms with van der Waals surface area (Å²) in [6.07, 6.45) is 77.0. The van der Waals surface area contributed by atoms with Crippen LogP contribution in [-0.2, 0) is 28.6 Å². The van der Waals surface area contributed by atoms with Crippen LogP contribution in [0.3, 0.4) is 0 Å². The van der Waals surface area contributed by atoms with Crippen LogP contribution in [0, 0.1) is 0 Å². The molecule has 67 heavy (non-hydrogen) atoms. The van der Waals surface area contributed by atoms with Gasteiger partial charge in [-0.1, -0.05) is 224 Å². The monoisotopic (exact) mass is 923 g/mol. The van der Waals surface area contributed by atoms with E-state index in [0.29, 0.717) is 19.3 Å². The van der Waals surface area contributed by atoms with Crippen LogP contribution in [0.25, 0.3) is 0 Å². The first-order chi connectivity index (χ1) is 33.0. The molecule has 0 bridgehead atoms. The molecule has 6 nitrogen and oxygen atoms in total. The molecule has 0 aliphatic rings. The molecule has 0 saturated carbocycles. The summed E-state index contributed by atoms with van der Waals surface area (Å²) in [6, 6.07) is 0. The molecule has 0 aliphatic heterocycles. The smallest absolute Gasteiger partial charge is 0.306 e. The van der Waals surface area contributed by atoms with Crippen molar-refractivity contribution >= 4 is 17.9 Å². The van der Waals surface area contributed by atoms with Gasteiger partial charge in [-0.05, 0) is 103 Å². The molecule has 0 N–H and O–H groups in total. The highest BCUT2D eigenvalue weighted by atomic mass is 16.6. The van der Waals surface area contributed by atoms with Crippen LogP contribution in [0.5, 0.6) is 0 Å². The first-order valence-electron chi connectivity index (χ1n) is 26.4. The Bertz CT molecular complexity index is 1530. The molecule has 0 rings (SSSR count). The summed E-state index contributed by atoms with van der Waals surface area (Å²) in [5, 5.41) is 0. The van der Waals surface area contributed by atoms with Crippen LogP contribution < -0.4 is 0 Å². The van der Waals surface area contributed by atoms with E-state index in [4.69, 9.17) is 14.2 Å². The third kappa shape index (κ3) is 52.1. The van der Waals surface area contributed by atoms with E-state index in [1.807, 2.05) is 54.7 Å². The minimum absolute atomic E-state index is 0.135. The number of allylic oxidation sites excluding steroid dienone is 24. The zero-order valence-electron chi connectivity index (χ0n) is 42.6. The molecule has 6 heteroatoms. The zero-order valence-corrected chi connectivity index (χ0v) is 42.6. The normalized spacial score (nSPS) is 13.3. The maximum absolute atomic E-state index is 12.8. The number of ether oxygens (including phenoxy) is 3. The van der Waals surface area contributed by atoms with Crippen molar-refractivity contribution in [1.82, 2.24) is 0 Å². The largest absolute Gasteiger partial charge is 0.462 e. The molecular formula is C61H94O6. The van der Waals surface area contributed by atoms with Gasteiger partial charge in [0, 0.05) is 19.3 Å². The number of esters is 3. The lowest BCUT2D eigenvalue weighted by molar-refractivity contribution is -0.167. The number of unbranched alkanes of at least 4 members (excludes halogenated alkanes) is 14. The van der Waals surface area contributed by atoms with Gasteiger partial charge in [0.25, 0.3) is 0 Å². The standard InChI is InChI=1S/C61H94O6/c1-4-7-10-13-16-19-22-25-27-29-30-32-33-36-39-42-45-48-51-54-60(63)66-57-58(56-65-59(62)53-50-47-44-41-38-35-24-21-18-15-12-9-6-3)67-61(64)55-52-49-46-43-40-37-34-31-28-26-23-20-17-14-11-8-5-2/h7,9-10,12,15-16,18-19,21,24-28,30,32,34-35,37-38,41,43-44,46,58H,4-6,8,11,13-14,17,20,22-23,29,31,33,36,39-40,42,45,47-57H2,1-3H3/b10-7-,12-9-,18-15-,19-16-,24-21-,27-25-,28-26-,32-30-,37-34-,38-35-,44-41-,46-43-. The Balaban J connectivity index is 4.59. The number of carbonyl (C=O) groups excluding carboxylic acids is 3. The fourth-order valence-corrected chi connectivity index (χ4v) is 6.54. The van der Waals surface area contributed by atoms with Gasteiger partial charge in [-0.25, -0.2) is 0 Å². The van der Waals surface area contributed by atoms with Crippen LogP contribution in [0.1, 0.15) is 201 Å². The molecule has 0 aromatic heterocycles. The third-order valence-corrected chi connectivity index (χ3v) is 10.4. The summed E-state index contributed by atoms with van der Waals surface area (Å²) in [6.45, 7) is 6.23. The Morgan fingerprint density at radius 2 is 0.672 bits per heavy atom. The summed E-state index contributed by atoms with van der Waals surface area (Å²) < 4.78 is 16.7. The Labute approximate surface area is 410 Å². The molecule has 1 unspecified atom stereocenters. The van der Waals surface area contributed by atoms with E-state index in [0.717, 1.165) is 89.9 Å². The van der Waals surface area contributed by atoms with Gasteiger partial charge in [0.2, 0.25) is 0 Å². The molecule has 374 valence electrons. The maximum Gasteiger partial charge on any atom is 0.306 e. The average molecular weight is 923 g/mol. The van der Waals surface area contributed by atoms with Gasteiger partial charge in [-0.15, -0.1) is 0 Å². The molecular weight excluding hydrogens is 829 g/mol. The highest BCUT2D eigenvalue weighted by Crippen LogP contribution is 2.12. The molecule has 0 fully saturated rings. The average Bonchev–Trinajstić information content (AvgIpc) is 3.33. The number of hydrogen-bond acceptors (Lipinski definition) is 6. The van der Waals surface area contributed by atoms with Crippen LogP contribution in [0.2, 0.25) is 0 Å². The summed E-state index contributed by atoms with van der Waals surface area (Å²) in [5.41, 5.74) is 0. The molecule has 0 saturated heterocycles. The topological polar surface area (TPSA) is 78.9 Å². The van der Waals surface area contributed by atoms with E-state index < -0.39 is 12.1 Å². The fraction of sp³-hybridized carbons (Fsp3) is 0.557. The number of hydrogen-bond donors (Lipinski definition) is 0. The van der Waals surface area contributed by atoms with Gasteiger partial charge < -0.3 is 14.2 Å². The van der Waals surface area contributed by atoms with Crippen molar-refractivity contribution in [2.75, 3.05) is 13.2 Å². The Kier molecular flexibility index (Phi) is 50.1. The second-order valence-electron chi connectivity index (χ2n) is 16.8. The van der Waals surface area contributed by atoms with Gasteiger partial charge in [-0.2, -0.15) is 0 Å². The van der Waals surface area contributed by atoms with Crippen molar-refractivity contribution in [1.29, 1.82) is 0 Å². The molecule has 0 aromatic rings. The highest BCUT2D eigenvalue weighted by Gasteiger charge is 2.19. The Hall–Kier alpha value is -4.71. The second-order valence-corrected chi connectivity index (χ2v) is 16.8. The van der Waals surface area contributed by atoms with E-state index in [1.165, 1.54) is 57.8 Å². The lowest BCUT2D eigenvalue weighted by Crippen LogP contribution is -2.30. The van der Waals surface area contributed by atoms with Crippen molar-refractivity contribution in [3.8, 4) is 0 Å². The van der Waals surface area contributed by atoms with Crippen LogP contribution >= 0.6 is 0 Å². The molecule has 1 atom stereocenters. The lowest BCUT2D eigenvalue weighted by Gasteiger charge is -2.18. The predicted octanol–water partition coefficient (Wildman–Crippen LogP) is 17.6. The molecule has 0 radical (unpaired) electrons. The minimum atomic E-state index is -0.846. The Morgan fingerprint density at radius 3 is 1.15 bits per heavy atom. The third-order valence-electron chi connectivity index (χ3n) is 10.4. The van der Waals surface area contributed by atoms with Crippen molar-refractivity contribution < 1.29 is 28.6 Å². The van der Waals surface area contributed by atoms with E-state index in [-0.39, 0.29) is 38.0 Å². The van der Waals surface area contributed by atoms with Gasteiger partial charge in [0.05, 0.1) is 0 Å². The molecule has 0 aromatic carbocycles. The SMILES string of the molecule is CC\C=C/C=C\C=C/C=C\C=C/CCCC(=O)OCC(COC(=O)CCCCCCCC/C=C\C/C=C\C/C=C\C/C=C\CC)OC(=O)CCC/C=C\C/C=C\C/C=C\CCCCCCCC. The van der Waals surface area contributed by atoms with Crippen molar-refractivity contribution in [3.63, 3.8) is 0 Å². The van der Waals surface area contributed by atoms with E-state index in [1.54, 1.807) is 0 Å². The van der Waals surface area contributed by atoms with Crippen LogP contribution in [-0.4, -0.2) is 37.2 Å². The summed E-state index contributed by atoms with van der Waals surface area (Å²) in [4.78, 5) is 38.0. The zero-order chi connectivity index (χ0) is 48.6. The van der Waals surface area contributed by atoms with Gasteiger partial charge >= 0.3 is 17.9 Å². The maximum atomic E-state index is 12.8. The molecule has 0 amide bonds. The summed E-state index contributed by atoms with van der Waals surface area (Å²) >= 11 is 0. The second kappa shape index (κ2) is 53.9. The van der Waals surface area contributed by atoms with Crippen molar-refractivity contribution in [2.45, 2.75) is 207 Å². The van der Waals surface area contributed by atoms with Gasteiger partial charge in [-0.3, -0.25) is 14.4 Å². The first kappa shape index (κ1) is 62.3. The van der Waals surface area contributed by atoms with Crippen LogP contribution in [0.4, 0.5) is 0 Å². The number of carbonyl (C=O) groups is 3. The van der Waals surface area contributed by atoms with Crippen molar-refractivity contribution in [3.05, 3.63) is 146 Å². The lowest BCUT2D eigenvalue weighted by atomic mass is 10.1. The number of rotatable bonds is 45. The van der Waals surface area contributed by atoms with Crippen LogP contribution in [0.15, 0.2) is 146 Å². The van der Waals surface area contributed by atoms with E-state index >= 15 is 0 Å². The van der Waals surface area contributed by atoms with E-state index in [2.05, 4.69) is 112 Å². The van der Waals surface area contributed by atoms with E-state index in [9.17, 15) is 14.4 Å². The summed E-state index contributed by atoms with van der Waals surface area (Å²) in [5.74, 6) is -1.09. The first-order valence-corrected chi connectivity index (χ1v) is 26.4. The molecule has 0 aliphatic carbocycles. The fourth-order valence-electron chi connectivity index (χ4n) is 6.54. The molecule has 0 spiro atoms. The quantitative estimate of drug-likeness (QED) is 0.0199. The molecule has 0 heterocycles. The minimum Gasteiger partial charge on any atom is -0.462 e. The highest BCUT2D eigenvalue weighted by molar-refractivity contribution is 5.71. The summed E-state index contributed by atoms with van der Waals surface area (Å²) in [7, 11) is 0.